The number of rotatable bonds is 4. The van der Waals surface area contributed by atoms with E-state index in [-0.39, 0.29) is 0 Å². The van der Waals surface area contributed by atoms with Gasteiger partial charge in [0.1, 0.15) is 5.69 Å². The molecular formula is C16H24N6. The van der Waals surface area contributed by atoms with Crippen LogP contribution >= 0.6 is 0 Å². The van der Waals surface area contributed by atoms with E-state index in [1.165, 1.54) is 31.5 Å². The Bertz CT molecular complexity index is 619. The number of aryl methyl sites for hydroxylation is 1. The largest absolute Gasteiger partial charge is 0.330 e. The third kappa shape index (κ3) is 2.57. The lowest BCUT2D eigenvalue weighted by atomic mass is 10.1. The van der Waals surface area contributed by atoms with E-state index in [0.717, 1.165) is 43.7 Å². The van der Waals surface area contributed by atoms with Crippen molar-refractivity contribution < 1.29 is 0 Å². The second-order valence-corrected chi connectivity index (χ2v) is 6.43. The first-order valence-electron chi connectivity index (χ1n) is 8.30. The van der Waals surface area contributed by atoms with Crippen molar-refractivity contribution in [3.63, 3.8) is 0 Å². The van der Waals surface area contributed by atoms with E-state index in [4.69, 9.17) is 5.10 Å². The summed E-state index contributed by atoms with van der Waals surface area (Å²) in [6.45, 7) is 5.10. The molecule has 1 atom stereocenters. The molecule has 4 heterocycles. The van der Waals surface area contributed by atoms with Crippen molar-refractivity contribution in [3.8, 4) is 11.5 Å². The molecule has 0 bridgehead atoms. The molecule has 0 saturated carbocycles. The normalized spacial score (nSPS) is 22.1. The molecule has 4 rings (SSSR count). The lowest BCUT2D eigenvalue weighted by molar-refractivity contribution is 0.286. The molecule has 0 unspecified atom stereocenters. The van der Waals surface area contributed by atoms with Crippen LogP contribution in [0.25, 0.3) is 11.5 Å². The van der Waals surface area contributed by atoms with Crippen LogP contribution in [0.5, 0.6) is 0 Å². The Balaban J connectivity index is 1.51. The van der Waals surface area contributed by atoms with Gasteiger partial charge in [-0.3, -0.25) is 4.68 Å². The van der Waals surface area contributed by atoms with Crippen LogP contribution in [0.2, 0.25) is 0 Å². The minimum atomic E-state index is 0.717. The van der Waals surface area contributed by atoms with Gasteiger partial charge in [-0.25, -0.2) is 4.98 Å². The van der Waals surface area contributed by atoms with Gasteiger partial charge in [0.15, 0.2) is 5.82 Å². The predicted octanol–water partition coefficient (Wildman–Crippen LogP) is 1.33. The number of imidazole rings is 1. The van der Waals surface area contributed by atoms with Gasteiger partial charge in [0, 0.05) is 38.1 Å². The molecule has 2 aromatic heterocycles. The first-order valence-corrected chi connectivity index (χ1v) is 8.30. The number of likely N-dealkylation sites (tertiary alicyclic amines) is 1. The Morgan fingerprint density at radius 3 is 3.14 bits per heavy atom. The summed E-state index contributed by atoms with van der Waals surface area (Å²) in [4.78, 5) is 7.03. The number of nitrogens with one attached hydrogen (secondary N) is 1. The van der Waals surface area contributed by atoms with Crippen LogP contribution in [0.15, 0.2) is 18.5 Å². The van der Waals surface area contributed by atoms with Crippen molar-refractivity contribution in [2.75, 3.05) is 20.1 Å². The number of aromatic nitrogens is 4. The molecule has 0 aromatic carbocycles. The summed E-state index contributed by atoms with van der Waals surface area (Å²) < 4.78 is 4.36. The zero-order valence-electron chi connectivity index (χ0n) is 13.2. The Labute approximate surface area is 131 Å². The zero-order chi connectivity index (χ0) is 14.9. The molecule has 2 aliphatic rings. The van der Waals surface area contributed by atoms with Gasteiger partial charge in [0.05, 0.1) is 12.2 Å². The highest BCUT2D eigenvalue weighted by atomic mass is 15.3. The van der Waals surface area contributed by atoms with Crippen LogP contribution in [0, 0.1) is 0 Å². The highest BCUT2D eigenvalue weighted by molar-refractivity contribution is 5.50. The maximum atomic E-state index is 4.73. The second-order valence-electron chi connectivity index (χ2n) is 6.43. The number of hydrogen-bond donors (Lipinski definition) is 1. The van der Waals surface area contributed by atoms with Crippen LogP contribution in [-0.4, -0.2) is 50.4 Å². The van der Waals surface area contributed by atoms with Crippen molar-refractivity contribution in [1.82, 2.24) is 29.5 Å². The van der Waals surface area contributed by atoms with Crippen LogP contribution in [0.3, 0.4) is 0 Å². The third-order valence-corrected chi connectivity index (χ3v) is 4.99. The smallest absolute Gasteiger partial charge is 0.160 e. The molecular weight excluding hydrogens is 276 g/mol. The monoisotopic (exact) mass is 300 g/mol. The van der Waals surface area contributed by atoms with Gasteiger partial charge in [-0.05, 0) is 38.9 Å². The Hall–Kier alpha value is -1.66. The standard InChI is InChI=1S/C16H24N6/c1-20-7-2-3-13(20)4-8-21-9-6-18-16(21)15-11-14-12-17-5-10-22(14)19-15/h6,9,11,13,17H,2-5,7-8,10,12H2,1H3/t13-/m1/s1. The summed E-state index contributed by atoms with van der Waals surface area (Å²) in [5, 5.41) is 8.12. The fourth-order valence-electron chi connectivity index (χ4n) is 3.66. The third-order valence-electron chi connectivity index (χ3n) is 4.99. The van der Waals surface area contributed by atoms with Gasteiger partial charge >= 0.3 is 0 Å². The van der Waals surface area contributed by atoms with E-state index in [0.29, 0.717) is 0 Å². The molecule has 0 radical (unpaired) electrons. The Kier molecular flexibility index (Phi) is 3.72. The van der Waals surface area contributed by atoms with Gasteiger partial charge in [-0.1, -0.05) is 0 Å². The predicted molar refractivity (Wildman–Crippen MR) is 85.4 cm³/mol. The molecule has 1 N–H and O–H groups in total. The maximum absolute atomic E-state index is 4.73. The Morgan fingerprint density at radius 2 is 2.32 bits per heavy atom. The molecule has 0 aliphatic carbocycles. The molecule has 1 fully saturated rings. The number of hydrogen-bond acceptors (Lipinski definition) is 4. The molecule has 2 aromatic rings. The molecule has 0 spiro atoms. The Morgan fingerprint density at radius 1 is 1.36 bits per heavy atom. The fourth-order valence-corrected chi connectivity index (χ4v) is 3.66. The molecule has 118 valence electrons. The summed E-state index contributed by atoms with van der Waals surface area (Å²) in [5.41, 5.74) is 2.26. The van der Waals surface area contributed by atoms with Gasteiger partial charge < -0.3 is 14.8 Å². The molecule has 6 heteroatoms. The highest BCUT2D eigenvalue weighted by Gasteiger charge is 2.21. The fraction of sp³-hybridized carbons (Fsp3) is 0.625. The summed E-state index contributed by atoms with van der Waals surface area (Å²) in [6, 6.07) is 2.89. The zero-order valence-corrected chi connectivity index (χ0v) is 13.2. The first-order chi connectivity index (χ1) is 10.8. The van der Waals surface area contributed by atoms with Crippen LogP contribution in [0.4, 0.5) is 0 Å². The molecule has 2 aliphatic heterocycles. The van der Waals surface area contributed by atoms with Gasteiger partial charge in [-0.2, -0.15) is 5.10 Å². The van der Waals surface area contributed by atoms with Gasteiger partial charge in [0.2, 0.25) is 0 Å². The second kappa shape index (κ2) is 5.85. The minimum absolute atomic E-state index is 0.717. The molecule has 6 nitrogen and oxygen atoms in total. The summed E-state index contributed by atoms with van der Waals surface area (Å²) in [6.07, 6.45) is 7.82. The van der Waals surface area contributed by atoms with E-state index >= 15 is 0 Å². The number of nitrogens with zero attached hydrogens (tertiary/aromatic N) is 5. The number of fused-ring (bicyclic) bond motifs is 1. The van der Waals surface area contributed by atoms with E-state index in [1.807, 2.05) is 6.20 Å². The van der Waals surface area contributed by atoms with Crippen molar-refractivity contribution in [3.05, 3.63) is 24.2 Å². The summed E-state index contributed by atoms with van der Waals surface area (Å²) >= 11 is 0. The molecule has 0 amide bonds. The minimum Gasteiger partial charge on any atom is -0.330 e. The lowest BCUT2D eigenvalue weighted by Crippen LogP contribution is -2.28. The first kappa shape index (κ1) is 14.0. The quantitative estimate of drug-likeness (QED) is 0.925. The van der Waals surface area contributed by atoms with Crippen molar-refractivity contribution >= 4 is 0 Å². The average Bonchev–Trinajstić information content (AvgIpc) is 3.23. The summed E-state index contributed by atoms with van der Waals surface area (Å²) in [7, 11) is 2.24. The topological polar surface area (TPSA) is 50.9 Å². The van der Waals surface area contributed by atoms with Gasteiger partial charge in [0.25, 0.3) is 0 Å². The van der Waals surface area contributed by atoms with Gasteiger partial charge in [-0.15, -0.1) is 0 Å². The van der Waals surface area contributed by atoms with Crippen LogP contribution in [0.1, 0.15) is 25.0 Å². The molecule has 22 heavy (non-hydrogen) atoms. The van der Waals surface area contributed by atoms with Crippen LogP contribution < -0.4 is 5.32 Å². The lowest BCUT2D eigenvalue weighted by Gasteiger charge is -2.19. The van der Waals surface area contributed by atoms with Crippen molar-refractivity contribution in [1.29, 1.82) is 0 Å². The molecule has 1 saturated heterocycles. The SMILES string of the molecule is CN1CCC[C@@H]1CCn1ccnc1-c1cc2n(n1)CCNC2. The summed E-state index contributed by atoms with van der Waals surface area (Å²) in [5.74, 6) is 1.00. The van der Waals surface area contributed by atoms with E-state index in [2.05, 4.69) is 43.8 Å². The highest BCUT2D eigenvalue weighted by Crippen LogP contribution is 2.22. The van der Waals surface area contributed by atoms with E-state index in [9.17, 15) is 0 Å². The van der Waals surface area contributed by atoms with Crippen molar-refractivity contribution in [2.45, 2.75) is 44.9 Å². The average molecular weight is 300 g/mol. The maximum Gasteiger partial charge on any atom is 0.160 e. The van der Waals surface area contributed by atoms with E-state index in [1.54, 1.807) is 0 Å². The van der Waals surface area contributed by atoms with Crippen molar-refractivity contribution in [2.24, 2.45) is 0 Å². The van der Waals surface area contributed by atoms with Crippen LogP contribution in [-0.2, 0) is 19.6 Å². The van der Waals surface area contributed by atoms with E-state index < -0.39 is 0 Å².